The second-order valence-corrected chi connectivity index (χ2v) is 5.68. The smallest absolute Gasteiger partial charge is 0.241 e. The molecule has 0 bridgehead atoms. The van der Waals surface area contributed by atoms with Gasteiger partial charge >= 0.3 is 0 Å². The number of nitrogens with zero attached hydrogens (tertiary/aromatic N) is 1. The molecule has 3 nitrogen and oxygen atoms in total. The van der Waals surface area contributed by atoms with Crippen LogP contribution in [0.25, 0.3) is 0 Å². The van der Waals surface area contributed by atoms with Gasteiger partial charge < -0.3 is 4.90 Å². The fraction of sp³-hybridized carbons (Fsp3) is 0.588. The Labute approximate surface area is 122 Å². The summed E-state index contributed by atoms with van der Waals surface area (Å²) < 4.78 is 0. The number of carbonyl (C=O) groups excluding carboxylic acids is 1. The van der Waals surface area contributed by atoms with Crippen molar-refractivity contribution in [3.8, 4) is 0 Å². The van der Waals surface area contributed by atoms with Gasteiger partial charge in [-0.3, -0.25) is 10.1 Å². The van der Waals surface area contributed by atoms with Gasteiger partial charge in [-0.25, -0.2) is 0 Å². The number of hydrogen-bond acceptors (Lipinski definition) is 2. The Hall–Kier alpha value is -1.35. The summed E-state index contributed by atoms with van der Waals surface area (Å²) in [5.74, 6) is 0.265. The van der Waals surface area contributed by atoms with Crippen LogP contribution in [0.4, 0.5) is 0 Å². The van der Waals surface area contributed by atoms with E-state index in [0.717, 1.165) is 25.7 Å². The Balaban J connectivity index is 2.06. The molecule has 1 saturated heterocycles. The lowest BCUT2D eigenvalue weighted by Crippen LogP contribution is -2.42. The third-order valence-electron chi connectivity index (χ3n) is 4.18. The van der Waals surface area contributed by atoms with E-state index in [1.165, 1.54) is 5.56 Å². The molecule has 3 unspecified atom stereocenters. The first-order valence-corrected chi connectivity index (χ1v) is 7.79. The zero-order valence-electron chi connectivity index (χ0n) is 12.8. The lowest BCUT2D eigenvalue weighted by molar-refractivity contribution is -0.132. The largest absolute Gasteiger partial charge is 0.323 e. The molecule has 1 fully saturated rings. The Morgan fingerprint density at radius 1 is 1.25 bits per heavy atom. The fourth-order valence-corrected chi connectivity index (χ4v) is 3.18. The van der Waals surface area contributed by atoms with Gasteiger partial charge in [0.15, 0.2) is 0 Å². The highest BCUT2D eigenvalue weighted by molar-refractivity contribution is 5.85. The average molecular weight is 274 g/mol. The van der Waals surface area contributed by atoms with Crippen LogP contribution in [0.5, 0.6) is 0 Å². The van der Waals surface area contributed by atoms with Crippen LogP contribution in [0.2, 0.25) is 0 Å². The SMILES string of the molecule is CCCC(CC)N1C(=O)C(Cc2ccccc2)NC1C. The van der Waals surface area contributed by atoms with Crippen molar-refractivity contribution >= 4 is 5.91 Å². The molecule has 20 heavy (non-hydrogen) atoms. The molecular weight excluding hydrogens is 248 g/mol. The minimum Gasteiger partial charge on any atom is -0.323 e. The van der Waals surface area contributed by atoms with Crippen LogP contribution in [0.3, 0.4) is 0 Å². The second-order valence-electron chi connectivity index (χ2n) is 5.68. The lowest BCUT2D eigenvalue weighted by atomic mass is 10.0. The highest BCUT2D eigenvalue weighted by Gasteiger charge is 2.39. The number of rotatable bonds is 6. The van der Waals surface area contributed by atoms with Crippen molar-refractivity contribution in [1.29, 1.82) is 0 Å². The summed E-state index contributed by atoms with van der Waals surface area (Å²) in [6, 6.07) is 10.5. The molecule has 3 heteroatoms. The minimum absolute atomic E-state index is 0.0710. The molecule has 0 aromatic heterocycles. The number of nitrogens with one attached hydrogen (secondary N) is 1. The summed E-state index contributed by atoms with van der Waals surface area (Å²) >= 11 is 0. The lowest BCUT2D eigenvalue weighted by Gasteiger charge is -2.30. The Morgan fingerprint density at radius 2 is 1.95 bits per heavy atom. The first-order chi connectivity index (χ1) is 9.67. The maximum Gasteiger partial charge on any atom is 0.241 e. The van der Waals surface area contributed by atoms with Gasteiger partial charge in [-0.1, -0.05) is 50.6 Å². The molecule has 1 N–H and O–H groups in total. The van der Waals surface area contributed by atoms with E-state index in [4.69, 9.17) is 0 Å². The third kappa shape index (κ3) is 3.21. The molecular formula is C17H26N2O. The van der Waals surface area contributed by atoms with Crippen molar-refractivity contribution in [2.45, 2.75) is 64.7 Å². The summed E-state index contributed by atoms with van der Waals surface area (Å²) in [6.07, 6.45) is 4.17. The molecule has 0 radical (unpaired) electrons. The first kappa shape index (κ1) is 15.0. The zero-order chi connectivity index (χ0) is 14.5. The maximum atomic E-state index is 12.7. The van der Waals surface area contributed by atoms with Crippen LogP contribution >= 0.6 is 0 Å². The molecule has 0 spiro atoms. The highest BCUT2D eigenvalue weighted by atomic mass is 16.2. The molecule has 2 rings (SSSR count). The number of benzene rings is 1. The molecule has 1 aromatic rings. The summed E-state index contributed by atoms with van der Waals surface area (Å²) in [5, 5.41) is 3.45. The molecule has 1 heterocycles. The number of carbonyl (C=O) groups is 1. The van der Waals surface area contributed by atoms with Crippen molar-refractivity contribution < 1.29 is 4.79 Å². The summed E-state index contributed by atoms with van der Waals surface area (Å²) in [5.41, 5.74) is 1.22. The molecule has 3 atom stereocenters. The topological polar surface area (TPSA) is 32.3 Å². The monoisotopic (exact) mass is 274 g/mol. The second kappa shape index (κ2) is 6.89. The van der Waals surface area contributed by atoms with Gasteiger partial charge in [0.1, 0.15) is 0 Å². The van der Waals surface area contributed by atoms with Gasteiger partial charge in [0.25, 0.3) is 0 Å². The first-order valence-electron chi connectivity index (χ1n) is 7.79. The van der Waals surface area contributed by atoms with E-state index in [2.05, 4.69) is 43.1 Å². The van der Waals surface area contributed by atoms with Gasteiger partial charge in [-0.05, 0) is 31.7 Å². The Bertz CT molecular complexity index is 432. The molecule has 110 valence electrons. The van der Waals surface area contributed by atoms with Crippen LogP contribution in [0.1, 0.15) is 45.6 Å². The van der Waals surface area contributed by atoms with Gasteiger partial charge in [0.05, 0.1) is 12.2 Å². The summed E-state index contributed by atoms with van der Waals surface area (Å²) in [6.45, 7) is 6.45. The molecule has 1 aromatic carbocycles. The Kier molecular flexibility index (Phi) is 5.18. The van der Waals surface area contributed by atoms with Crippen molar-refractivity contribution in [2.75, 3.05) is 0 Å². The quantitative estimate of drug-likeness (QED) is 0.865. The van der Waals surface area contributed by atoms with E-state index < -0.39 is 0 Å². The predicted octanol–water partition coefficient (Wildman–Crippen LogP) is 2.95. The Morgan fingerprint density at radius 3 is 2.55 bits per heavy atom. The summed E-state index contributed by atoms with van der Waals surface area (Å²) in [4.78, 5) is 14.7. The standard InChI is InChI=1S/C17H26N2O/c1-4-9-15(5-2)19-13(3)18-16(17(19)20)12-14-10-7-6-8-11-14/h6-8,10-11,13,15-16,18H,4-5,9,12H2,1-3H3. The van der Waals surface area contributed by atoms with Crippen molar-refractivity contribution in [2.24, 2.45) is 0 Å². The van der Waals surface area contributed by atoms with Crippen LogP contribution in [-0.2, 0) is 11.2 Å². The normalized spacial score (nSPS) is 24.1. The van der Waals surface area contributed by atoms with Crippen molar-refractivity contribution in [3.63, 3.8) is 0 Å². The zero-order valence-corrected chi connectivity index (χ0v) is 12.8. The van der Waals surface area contributed by atoms with Crippen LogP contribution in [0, 0.1) is 0 Å². The van der Waals surface area contributed by atoms with E-state index in [-0.39, 0.29) is 18.1 Å². The average Bonchev–Trinajstić information content (AvgIpc) is 2.72. The van der Waals surface area contributed by atoms with Crippen molar-refractivity contribution in [1.82, 2.24) is 10.2 Å². The van der Waals surface area contributed by atoms with Gasteiger partial charge in [-0.15, -0.1) is 0 Å². The summed E-state index contributed by atoms with van der Waals surface area (Å²) in [7, 11) is 0. The number of amides is 1. The van der Waals surface area contributed by atoms with Gasteiger partial charge in [-0.2, -0.15) is 0 Å². The van der Waals surface area contributed by atoms with Crippen molar-refractivity contribution in [3.05, 3.63) is 35.9 Å². The molecule has 0 aliphatic carbocycles. The van der Waals surface area contributed by atoms with E-state index in [9.17, 15) is 4.79 Å². The number of hydrogen-bond donors (Lipinski definition) is 1. The van der Waals surface area contributed by atoms with E-state index >= 15 is 0 Å². The van der Waals surface area contributed by atoms with Crippen LogP contribution < -0.4 is 5.32 Å². The van der Waals surface area contributed by atoms with E-state index in [0.29, 0.717) is 6.04 Å². The molecule has 1 amide bonds. The molecule has 1 aliphatic heterocycles. The highest BCUT2D eigenvalue weighted by Crippen LogP contribution is 2.21. The maximum absolute atomic E-state index is 12.7. The van der Waals surface area contributed by atoms with Gasteiger partial charge in [0, 0.05) is 6.04 Å². The molecule has 0 saturated carbocycles. The van der Waals surface area contributed by atoms with E-state index in [1.54, 1.807) is 0 Å². The molecule has 1 aliphatic rings. The third-order valence-corrected chi connectivity index (χ3v) is 4.18. The minimum atomic E-state index is -0.0710. The van der Waals surface area contributed by atoms with Gasteiger partial charge in [0.2, 0.25) is 5.91 Å². The fourth-order valence-electron chi connectivity index (χ4n) is 3.18. The van der Waals surface area contributed by atoms with Crippen LogP contribution in [-0.4, -0.2) is 29.1 Å². The van der Waals surface area contributed by atoms with Crippen LogP contribution in [0.15, 0.2) is 30.3 Å². The predicted molar refractivity (Wildman–Crippen MR) is 82.4 cm³/mol. The van der Waals surface area contributed by atoms with E-state index in [1.807, 2.05) is 18.2 Å².